The van der Waals surface area contributed by atoms with Crippen LogP contribution in [0.25, 0.3) is 0 Å². The van der Waals surface area contributed by atoms with Gasteiger partial charge in [0.25, 0.3) is 0 Å². The molecule has 0 aliphatic carbocycles. The monoisotopic (exact) mass is 257 g/mol. The smallest absolute Gasteiger partial charge is 0.222 e. The van der Waals surface area contributed by atoms with Crippen molar-refractivity contribution < 1.29 is 4.79 Å². The van der Waals surface area contributed by atoms with Gasteiger partial charge in [-0.2, -0.15) is 0 Å². The van der Waals surface area contributed by atoms with Crippen LogP contribution in [0.2, 0.25) is 0 Å². The Kier molecular flexibility index (Phi) is 6.40. The molecule has 98 valence electrons. The van der Waals surface area contributed by atoms with Gasteiger partial charge in [-0.05, 0) is 19.8 Å². The molecule has 0 spiro atoms. The summed E-state index contributed by atoms with van der Waals surface area (Å²) in [5.74, 6) is 1.19. The largest absolute Gasteiger partial charge is 0.361 e. The zero-order valence-corrected chi connectivity index (χ0v) is 11.8. The standard InChI is InChI=1S/C12H23N3OS/c1-4-9(3)14-11(16)6-7-13-12-15-10(5-2)8-17-12/h9-10H,4-8H2,1-3H3,(H,13,15)(H,14,16). The summed E-state index contributed by atoms with van der Waals surface area (Å²) < 4.78 is 0. The molecule has 1 heterocycles. The number of carbonyl (C=O) groups excluding carboxylic acids is 1. The van der Waals surface area contributed by atoms with Gasteiger partial charge in [-0.3, -0.25) is 9.79 Å². The number of thioether (sulfide) groups is 1. The number of amides is 1. The summed E-state index contributed by atoms with van der Waals surface area (Å²) in [6.45, 7) is 6.83. The van der Waals surface area contributed by atoms with Crippen LogP contribution in [0, 0.1) is 0 Å². The number of aliphatic imine (C=N–C) groups is 1. The third-order valence-electron chi connectivity index (χ3n) is 2.86. The Hall–Kier alpha value is -0.710. The third kappa shape index (κ3) is 5.44. The maximum absolute atomic E-state index is 11.5. The van der Waals surface area contributed by atoms with Crippen LogP contribution >= 0.6 is 11.8 Å². The van der Waals surface area contributed by atoms with E-state index in [9.17, 15) is 4.79 Å². The van der Waals surface area contributed by atoms with Gasteiger partial charge in [0.15, 0.2) is 5.17 Å². The van der Waals surface area contributed by atoms with Crippen molar-refractivity contribution in [3.8, 4) is 0 Å². The van der Waals surface area contributed by atoms with Crippen LogP contribution in [0.1, 0.15) is 40.0 Å². The molecule has 0 aromatic rings. The predicted octanol–water partition coefficient (Wildman–Crippen LogP) is 1.76. The molecule has 0 aromatic carbocycles. The fourth-order valence-corrected chi connectivity index (χ4v) is 2.57. The number of rotatable bonds is 6. The lowest BCUT2D eigenvalue weighted by atomic mass is 10.2. The second kappa shape index (κ2) is 7.58. The van der Waals surface area contributed by atoms with Crippen molar-refractivity contribution >= 4 is 22.8 Å². The minimum atomic E-state index is 0.0961. The van der Waals surface area contributed by atoms with Gasteiger partial charge >= 0.3 is 0 Å². The van der Waals surface area contributed by atoms with E-state index in [4.69, 9.17) is 0 Å². The van der Waals surface area contributed by atoms with Crippen LogP contribution in [0.15, 0.2) is 4.99 Å². The van der Waals surface area contributed by atoms with Crippen molar-refractivity contribution in [2.45, 2.75) is 52.1 Å². The zero-order valence-electron chi connectivity index (χ0n) is 11.0. The molecule has 0 aromatic heterocycles. The highest BCUT2D eigenvalue weighted by molar-refractivity contribution is 8.14. The topological polar surface area (TPSA) is 53.5 Å². The molecule has 4 nitrogen and oxygen atoms in total. The molecular weight excluding hydrogens is 234 g/mol. The SMILES string of the molecule is CCC(C)NC(=O)CCN=C1NC(CC)CS1. The number of nitrogens with one attached hydrogen (secondary N) is 2. The number of carbonyl (C=O) groups is 1. The minimum Gasteiger partial charge on any atom is -0.361 e. The van der Waals surface area contributed by atoms with Gasteiger partial charge < -0.3 is 10.6 Å². The summed E-state index contributed by atoms with van der Waals surface area (Å²) in [6, 6.07) is 0.811. The first kappa shape index (κ1) is 14.4. The summed E-state index contributed by atoms with van der Waals surface area (Å²) >= 11 is 1.75. The highest BCUT2D eigenvalue weighted by Gasteiger charge is 2.17. The van der Waals surface area contributed by atoms with E-state index in [-0.39, 0.29) is 11.9 Å². The highest BCUT2D eigenvalue weighted by Crippen LogP contribution is 2.15. The molecule has 2 atom stereocenters. The van der Waals surface area contributed by atoms with E-state index in [1.165, 1.54) is 0 Å². The fourth-order valence-electron chi connectivity index (χ4n) is 1.46. The summed E-state index contributed by atoms with van der Waals surface area (Å²) in [7, 11) is 0. The first-order valence-corrected chi connectivity index (χ1v) is 7.37. The number of hydrogen-bond donors (Lipinski definition) is 2. The molecule has 0 radical (unpaired) electrons. The van der Waals surface area contributed by atoms with E-state index in [1.54, 1.807) is 11.8 Å². The van der Waals surface area contributed by atoms with Gasteiger partial charge in [-0.25, -0.2) is 0 Å². The predicted molar refractivity (Wildman–Crippen MR) is 74.5 cm³/mol. The first-order valence-electron chi connectivity index (χ1n) is 6.38. The average molecular weight is 257 g/mol. The molecule has 1 saturated heterocycles. The van der Waals surface area contributed by atoms with E-state index in [2.05, 4.69) is 29.5 Å². The molecule has 5 heteroatoms. The quantitative estimate of drug-likeness (QED) is 0.762. The average Bonchev–Trinajstić information content (AvgIpc) is 2.76. The van der Waals surface area contributed by atoms with E-state index >= 15 is 0 Å². The maximum Gasteiger partial charge on any atom is 0.222 e. The first-order chi connectivity index (χ1) is 8.15. The van der Waals surface area contributed by atoms with Crippen LogP contribution in [0.3, 0.4) is 0 Å². The maximum atomic E-state index is 11.5. The van der Waals surface area contributed by atoms with Crippen molar-refractivity contribution in [1.29, 1.82) is 0 Å². The van der Waals surface area contributed by atoms with Crippen LogP contribution in [-0.2, 0) is 4.79 Å². The van der Waals surface area contributed by atoms with Gasteiger partial charge in [0.1, 0.15) is 0 Å². The molecular formula is C12H23N3OS. The normalized spacial score (nSPS) is 23.5. The Balaban J connectivity index is 2.19. The zero-order chi connectivity index (χ0) is 12.7. The van der Waals surface area contributed by atoms with Crippen LogP contribution in [0.4, 0.5) is 0 Å². The van der Waals surface area contributed by atoms with E-state index < -0.39 is 0 Å². The van der Waals surface area contributed by atoms with Crippen LogP contribution in [-0.4, -0.2) is 35.5 Å². The Bertz CT molecular complexity index is 281. The molecule has 1 rings (SSSR count). The van der Waals surface area contributed by atoms with E-state index in [0.717, 1.165) is 23.8 Å². The lowest BCUT2D eigenvalue weighted by molar-refractivity contribution is -0.121. The molecule has 0 bridgehead atoms. The van der Waals surface area contributed by atoms with E-state index in [0.29, 0.717) is 19.0 Å². The van der Waals surface area contributed by atoms with Gasteiger partial charge in [-0.15, -0.1) is 0 Å². The number of amidine groups is 1. The Morgan fingerprint density at radius 1 is 1.65 bits per heavy atom. The Morgan fingerprint density at radius 3 is 3.00 bits per heavy atom. The molecule has 17 heavy (non-hydrogen) atoms. The molecule has 2 N–H and O–H groups in total. The Labute approximate surface area is 108 Å². The van der Waals surface area contributed by atoms with Crippen molar-refractivity contribution in [2.24, 2.45) is 4.99 Å². The van der Waals surface area contributed by atoms with Gasteiger partial charge in [0.05, 0.1) is 6.54 Å². The van der Waals surface area contributed by atoms with Crippen LogP contribution in [0.5, 0.6) is 0 Å². The van der Waals surface area contributed by atoms with E-state index in [1.807, 2.05) is 6.92 Å². The number of nitrogens with zero attached hydrogens (tertiary/aromatic N) is 1. The lowest BCUT2D eigenvalue weighted by Crippen LogP contribution is -2.32. The van der Waals surface area contributed by atoms with Crippen molar-refractivity contribution in [3.05, 3.63) is 0 Å². The number of hydrogen-bond acceptors (Lipinski definition) is 3. The summed E-state index contributed by atoms with van der Waals surface area (Å²) in [4.78, 5) is 15.9. The minimum absolute atomic E-state index is 0.0961. The molecule has 0 saturated carbocycles. The summed E-state index contributed by atoms with van der Waals surface area (Å²) in [6.07, 6.45) is 2.57. The van der Waals surface area contributed by atoms with Gasteiger partial charge in [0.2, 0.25) is 5.91 Å². The summed E-state index contributed by atoms with van der Waals surface area (Å²) in [5.41, 5.74) is 0. The van der Waals surface area contributed by atoms with Gasteiger partial charge in [0, 0.05) is 24.3 Å². The second-order valence-corrected chi connectivity index (χ2v) is 5.38. The molecule has 1 aliphatic rings. The highest BCUT2D eigenvalue weighted by atomic mass is 32.2. The third-order valence-corrected chi connectivity index (χ3v) is 3.95. The Morgan fingerprint density at radius 2 is 2.41 bits per heavy atom. The fraction of sp³-hybridized carbons (Fsp3) is 0.833. The van der Waals surface area contributed by atoms with Crippen LogP contribution < -0.4 is 10.6 Å². The molecule has 1 amide bonds. The van der Waals surface area contributed by atoms with Gasteiger partial charge in [-0.1, -0.05) is 25.6 Å². The molecule has 1 aliphatic heterocycles. The van der Waals surface area contributed by atoms with Crippen molar-refractivity contribution in [3.63, 3.8) is 0 Å². The summed E-state index contributed by atoms with van der Waals surface area (Å²) in [5, 5.41) is 7.28. The molecule has 2 unspecified atom stereocenters. The van der Waals surface area contributed by atoms with Crippen molar-refractivity contribution in [1.82, 2.24) is 10.6 Å². The second-order valence-electron chi connectivity index (χ2n) is 4.37. The van der Waals surface area contributed by atoms with Crippen molar-refractivity contribution in [2.75, 3.05) is 12.3 Å². The lowest BCUT2D eigenvalue weighted by Gasteiger charge is -2.10. The molecule has 1 fully saturated rings.